The summed E-state index contributed by atoms with van der Waals surface area (Å²) in [5, 5.41) is 0. The minimum absolute atomic E-state index is 0. The SMILES string of the molecule is CCC1=[C-]C[C-]=N1.[Re].[Rf]. The van der Waals surface area contributed by atoms with Gasteiger partial charge in [0, 0.05) is 20.4 Å². The third kappa shape index (κ3) is 2.79. The number of allylic oxidation sites excluding steroid dienone is 2. The molecule has 0 saturated carbocycles. The zero-order valence-corrected chi connectivity index (χ0v) is 14.6. The molecule has 1 nitrogen and oxygen atoms in total. The molecule has 1 radical (unpaired) electrons. The first-order chi connectivity index (χ1) is 3.43. The number of rotatable bonds is 1. The van der Waals surface area contributed by atoms with Crippen LogP contribution in [0.15, 0.2) is 10.7 Å². The minimum atomic E-state index is 0. The Morgan fingerprint density at radius 3 is 2.56 bits per heavy atom. The van der Waals surface area contributed by atoms with Gasteiger partial charge in [-0.25, -0.2) is 12.6 Å². The second-order valence-electron chi connectivity index (χ2n) is 1.42. The van der Waals surface area contributed by atoms with E-state index in [1.54, 1.807) is 0 Å². The Morgan fingerprint density at radius 2 is 2.33 bits per heavy atom. The monoisotopic (exact) mass is 547 g/mol. The molecule has 1 aliphatic heterocycles. The number of hydrogen-bond acceptors (Lipinski definition) is 1. The average Bonchev–Trinajstić information content (AvgIpc) is 2.14. The molecule has 0 aromatic rings. The van der Waals surface area contributed by atoms with Gasteiger partial charge in [0.25, 0.3) is 0 Å². The van der Waals surface area contributed by atoms with E-state index in [9.17, 15) is 0 Å². The smallest absolute Gasteiger partial charge is 0 e. The van der Waals surface area contributed by atoms with Crippen molar-refractivity contribution in [1.82, 2.24) is 0 Å². The van der Waals surface area contributed by atoms with Gasteiger partial charge < -0.3 is 16.8 Å². The van der Waals surface area contributed by atoms with Crippen LogP contribution >= 0.6 is 0 Å². The third-order valence-electron chi connectivity index (χ3n) is 0.920. The summed E-state index contributed by atoms with van der Waals surface area (Å²) in [6, 6.07) is 0. The van der Waals surface area contributed by atoms with Gasteiger partial charge >= 0.3 is 0 Å². The molecule has 1 rings (SSSR count). The van der Waals surface area contributed by atoms with Crippen molar-refractivity contribution < 1.29 is 20.4 Å². The third-order valence-corrected chi connectivity index (χ3v) is 0.920. The molecule has 0 unspecified atom stereocenters. The van der Waals surface area contributed by atoms with Gasteiger partial charge in [0.05, 0.1) is 0 Å². The zero-order chi connectivity index (χ0) is 5.11. The first kappa shape index (κ1) is 10.9. The fraction of sp³-hybridized carbons (Fsp3) is 0.500. The van der Waals surface area contributed by atoms with Gasteiger partial charge in [0.15, 0.2) is 0 Å². The summed E-state index contributed by atoms with van der Waals surface area (Å²) in [5.41, 5.74) is 1.06. The zero-order valence-electron chi connectivity index (χ0n) is 5.45. The maximum atomic E-state index is 3.91. The fourth-order valence-electron chi connectivity index (χ4n) is 0.520. The van der Waals surface area contributed by atoms with Crippen molar-refractivity contribution in [2.24, 2.45) is 4.99 Å². The van der Waals surface area contributed by atoms with Crippen LogP contribution in [-0.2, 0) is 20.4 Å². The first-order valence-electron chi connectivity index (χ1n) is 2.46. The van der Waals surface area contributed by atoms with Crippen LogP contribution in [0.1, 0.15) is 19.8 Å². The summed E-state index contributed by atoms with van der Waals surface area (Å²) in [4.78, 5) is 3.91. The van der Waals surface area contributed by atoms with E-state index in [0.717, 1.165) is 18.5 Å². The van der Waals surface area contributed by atoms with Gasteiger partial charge in [-0.3, -0.25) is 0 Å². The summed E-state index contributed by atoms with van der Waals surface area (Å²) >= 11 is 0. The predicted molar refractivity (Wildman–Crippen MR) is 29.1 cm³/mol. The Labute approximate surface area is 63.5 Å². The molecule has 0 spiro atoms. The van der Waals surface area contributed by atoms with E-state index in [1.807, 2.05) is 0 Å². The maximum Gasteiger partial charge on any atom is 0 e. The van der Waals surface area contributed by atoms with Crippen LogP contribution in [0.2, 0.25) is 0 Å². The van der Waals surface area contributed by atoms with Crippen molar-refractivity contribution in [2.45, 2.75) is 19.8 Å². The largest absolute Gasteiger partial charge is 0.593 e. The molecular formula is C6H7NReRf-2. The van der Waals surface area contributed by atoms with Gasteiger partial charge in [-0.15, -0.1) is 6.42 Å². The van der Waals surface area contributed by atoms with Crippen molar-refractivity contribution >= 4 is 6.21 Å². The van der Waals surface area contributed by atoms with Crippen LogP contribution in [0.25, 0.3) is 0 Å². The molecule has 0 saturated heterocycles. The number of nitrogens with zero attached hydrogens (tertiary/aromatic N) is 1. The molecule has 9 heavy (non-hydrogen) atoms. The summed E-state index contributed by atoms with van der Waals surface area (Å²) in [6.45, 7) is 2.07. The summed E-state index contributed by atoms with van der Waals surface area (Å²) in [5.74, 6) is 0. The van der Waals surface area contributed by atoms with Crippen molar-refractivity contribution in [2.75, 3.05) is 0 Å². The Kier molecular flexibility index (Phi) is 6.34. The molecule has 0 fully saturated rings. The fourth-order valence-corrected chi connectivity index (χ4v) is 0.520. The molecule has 0 aromatic heterocycles. The van der Waals surface area contributed by atoms with Gasteiger partial charge in [-0.2, -0.15) is 0 Å². The van der Waals surface area contributed by atoms with Crippen molar-refractivity contribution in [3.05, 3.63) is 11.8 Å². The van der Waals surface area contributed by atoms with E-state index in [2.05, 4.69) is 24.2 Å². The molecule has 1 heterocycles. The van der Waals surface area contributed by atoms with E-state index in [1.165, 1.54) is 0 Å². The predicted octanol–water partition coefficient (Wildman–Crippen LogP) is 1.43. The quantitative estimate of drug-likeness (QED) is 0.442. The van der Waals surface area contributed by atoms with Crippen LogP contribution in [0, 0.1) is 6.08 Å². The van der Waals surface area contributed by atoms with Crippen molar-refractivity contribution in [3.8, 4) is 0 Å². The maximum absolute atomic E-state index is 3.91. The van der Waals surface area contributed by atoms with Gasteiger partial charge in [0.2, 0.25) is 0 Å². The second-order valence-corrected chi connectivity index (χ2v) is 1.42. The van der Waals surface area contributed by atoms with Crippen LogP contribution in [-0.4, -0.2) is 6.21 Å². The summed E-state index contributed by atoms with van der Waals surface area (Å²) < 4.78 is 0. The topological polar surface area (TPSA) is 12.4 Å². The molecule has 0 aromatic carbocycles. The summed E-state index contributed by atoms with van der Waals surface area (Å²) in [7, 11) is 0. The van der Waals surface area contributed by atoms with Crippen LogP contribution in [0.3, 0.4) is 0 Å². The minimum Gasteiger partial charge on any atom is -0.593 e. The molecule has 0 atom stereocenters. The van der Waals surface area contributed by atoms with Crippen LogP contribution in [0.5, 0.6) is 0 Å². The molecule has 1 aliphatic rings. The van der Waals surface area contributed by atoms with E-state index in [0.29, 0.717) is 0 Å². The van der Waals surface area contributed by atoms with E-state index >= 15 is 0 Å². The van der Waals surface area contributed by atoms with Crippen molar-refractivity contribution in [1.29, 1.82) is 0 Å². The first-order valence-corrected chi connectivity index (χ1v) is 2.46. The van der Waals surface area contributed by atoms with Crippen molar-refractivity contribution in [3.63, 3.8) is 0 Å². The summed E-state index contributed by atoms with van der Waals surface area (Å²) in [6.07, 6.45) is 7.63. The standard InChI is InChI=1S/C6H7N.Re.Rf/c1-2-6-4-3-5-7-6;;/h2-3H2,1H3;;/q-2;;. The Hall–Kier alpha value is -0.928. The molecule has 47 valence electrons. The molecule has 0 aliphatic carbocycles. The molecular weight excluding hydrogens is 539 g/mol. The van der Waals surface area contributed by atoms with Crippen LogP contribution in [0.4, 0.5) is 0 Å². The molecule has 3 heteroatoms. The van der Waals surface area contributed by atoms with Gasteiger partial charge in [-0.1, -0.05) is 6.92 Å². The van der Waals surface area contributed by atoms with E-state index in [4.69, 9.17) is 0 Å². The number of aliphatic imine (C=N–C) groups is 1. The Balaban J connectivity index is 0. The molecule has 0 amide bonds. The second kappa shape index (κ2) is 5.21. The normalized spacial score (nSPS) is 13.7. The molecule has 0 N–H and O–H groups in total. The Bertz CT molecular complexity index is 120. The average molecular weight is 546 g/mol. The van der Waals surface area contributed by atoms with E-state index < -0.39 is 0 Å². The van der Waals surface area contributed by atoms with Gasteiger partial charge in [-0.05, 0) is 0 Å². The Morgan fingerprint density at radius 1 is 1.67 bits per heavy atom. The molecule has 0 bridgehead atoms. The number of hydrogen-bond donors (Lipinski definition) is 0. The van der Waals surface area contributed by atoms with Gasteiger partial charge in [0.1, 0.15) is 0 Å². The van der Waals surface area contributed by atoms with E-state index in [-0.39, 0.29) is 20.4 Å². The van der Waals surface area contributed by atoms with Crippen LogP contribution < -0.4 is 0 Å².